The molecule has 0 unspecified atom stereocenters. The highest BCUT2D eigenvalue weighted by molar-refractivity contribution is 6.34. The number of dihydropyridines is 1. The predicted octanol–water partition coefficient (Wildman–Crippen LogP) is 0.438. The van der Waals surface area contributed by atoms with Gasteiger partial charge >= 0.3 is 0 Å². The van der Waals surface area contributed by atoms with Crippen molar-refractivity contribution in [3.63, 3.8) is 0 Å². The number of hydrogen-bond acceptors (Lipinski definition) is 3. The summed E-state index contributed by atoms with van der Waals surface area (Å²) >= 11 is 0. The number of carbonyl (C=O) groups is 1. The number of nitrogens with zero attached hydrogens (tertiary/aromatic N) is 1. The van der Waals surface area contributed by atoms with Crippen molar-refractivity contribution in [1.82, 2.24) is 0 Å². The Morgan fingerprint density at radius 1 is 1.60 bits per heavy atom. The van der Waals surface area contributed by atoms with Gasteiger partial charge in [-0.15, -0.1) is 0 Å². The summed E-state index contributed by atoms with van der Waals surface area (Å²) < 4.78 is 5.06. The number of allylic oxidation sites excluding steroid dienone is 1. The lowest BCUT2D eigenvalue weighted by Gasteiger charge is -2.02. The Kier molecular flexibility index (Phi) is 0.974. The van der Waals surface area contributed by atoms with E-state index in [2.05, 4.69) is 4.99 Å². The van der Waals surface area contributed by atoms with E-state index in [0.717, 1.165) is 5.70 Å². The quantitative estimate of drug-likeness (QED) is 0.483. The second kappa shape index (κ2) is 1.80. The number of carbonyl (C=O) groups excluding carboxylic acids is 1. The molecule has 0 amide bonds. The van der Waals surface area contributed by atoms with Crippen molar-refractivity contribution < 1.29 is 9.53 Å². The minimum absolute atomic E-state index is 0.103. The second-order valence-electron chi connectivity index (χ2n) is 2.07. The molecule has 0 aromatic carbocycles. The van der Waals surface area contributed by atoms with Crippen molar-refractivity contribution in [3.05, 3.63) is 23.6 Å². The Morgan fingerprint density at radius 3 is 3.40 bits per heavy atom. The number of ether oxygens (including phenoxy) is 1. The Morgan fingerprint density at radius 2 is 2.50 bits per heavy atom. The van der Waals surface area contributed by atoms with Crippen LogP contribution in [0.4, 0.5) is 0 Å². The molecule has 50 valence electrons. The minimum Gasteiger partial charge on any atom is -0.487 e. The van der Waals surface area contributed by atoms with E-state index in [9.17, 15) is 4.79 Å². The van der Waals surface area contributed by atoms with Crippen molar-refractivity contribution >= 4 is 12.0 Å². The summed E-state index contributed by atoms with van der Waals surface area (Å²) in [5, 5.41) is 0. The molecule has 0 bridgehead atoms. The molecule has 0 fully saturated rings. The van der Waals surface area contributed by atoms with Gasteiger partial charge in [-0.05, 0) is 6.08 Å². The summed E-state index contributed by atoms with van der Waals surface area (Å²) in [6.45, 7) is 0.534. The smallest absolute Gasteiger partial charge is 0.200 e. The maximum atomic E-state index is 10.7. The zero-order valence-corrected chi connectivity index (χ0v) is 5.20. The fourth-order valence-electron chi connectivity index (χ4n) is 0.916. The fraction of sp³-hybridized carbons (Fsp3) is 0.143. The molecule has 0 radical (unpaired) electrons. The third-order valence-corrected chi connectivity index (χ3v) is 1.37. The van der Waals surface area contributed by atoms with Gasteiger partial charge in [-0.2, -0.15) is 0 Å². The van der Waals surface area contributed by atoms with E-state index in [0.29, 0.717) is 12.4 Å². The standard InChI is InChI=1S/C7H5NO2/c9-5-3-7-6(8-4-5)1-2-10-7/h1,3-4H,2H2. The van der Waals surface area contributed by atoms with Crippen molar-refractivity contribution in [2.45, 2.75) is 0 Å². The number of rotatable bonds is 0. The molecule has 0 saturated heterocycles. The molecule has 0 aromatic heterocycles. The molecular weight excluding hydrogens is 130 g/mol. The summed E-state index contributed by atoms with van der Waals surface area (Å²) in [4.78, 5) is 14.5. The third kappa shape index (κ3) is 0.673. The average molecular weight is 135 g/mol. The van der Waals surface area contributed by atoms with E-state index in [1.807, 2.05) is 6.08 Å². The number of aliphatic imine (C=N–C) groups is 1. The van der Waals surface area contributed by atoms with Gasteiger partial charge in [0.25, 0.3) is 0 Å². The zero-order valence-electron chi connectivity index (χ0n) is 5.20. The largest absolute Gasteiger partial charge is 0.487 e. The Balaban J connectivity index is 2.43. The maximum absolute atomic E-state index is 10.7. The van der Waals surface area contributed by atoms with Crippen LogP contribution in [0.2, 0.25) is 0 Å². The van der Waals surface area contributed by atoms with Gasteiger partial charge < -0.3 is 4.74 Å². The molecule has 2 aliphatic rings. The molecule has 2 rings (SSSR count). The van der Waals surface area contributed by atoms with E-state index in [-0.39, 0.29) is 5.78 Å². The molecule has 0 aliphatic carbocycles. The topological polar surface area (TPSA) is 38.7 Å². The van der Waals surface area contributed by atoms with Crippen LogP contribution in [0.1, 0.15) is 0 Å². The van der Waals surface area contributed by atoms with Crippen LogP contribution in [0.5, 0.6) is 0 Å². The Labute approximate surface area is 57.7 Å². The first-order valence-corrected chi connectivity index (χ1v) is 2.99. The van der Waals surface area contributed by atoms with Gasteiger partial charge in [-0.1, -0.05) is 0 Å². The van der Waals surface area contributed by atoms with Gasteiger partial charge in [-0.3, -0.25) is 4.79 Å². The van der Waals surface area contributed by atoms with Gasteiger partial charge in [0, 0.05) is 6.08 Å². The molecular formula is C7H5NO2. The summed E-state index contributed by atoms with van der Waals surface area (Å²) in [6.07, 6.45) is 4.59. The molecule has 3 heteroatoms. The van der Waals surface area contributed by atoms with Crippen LogP contribution in [0, 0.1) is 0 Å². The molecule has 0 spiro atoms. The Hall–Kier alpha value is -1.38. The van der Waals surface area contributed by atoms with E-state index >= 15 is 0 Å². The zero-order chi connectivity index (χ0) is 6.97. The number of fused-ring (bicyclic) bond motifs is 1. The second-order valence-corrected chi connectivity index (χ2v) is 2.07. The van der Waals surface area contributed by atoms with Crippen molar-refractivity contribution in [2.75, 3.05) is 6.61 Å². The predicted molar refractivity (Wildman–Crippen MR) is 35.6 cm³/mol. The summed E-state index contributed by atoms with van der Waals surface area (Å²) in [5.41, 5.74) is 0.777. The lowest BCUT2D eigenvalue weighted by atomic mass is 10.2. The normalized spacial score (nSPS) is 21.4. The van der Waals surface area contributed by atoms with Gasteiger partial charge in [-0.25, -0.2) is 4.99 Å². The summed E-state index contributed by atoms with van der Waals surface area (Å²) in [5.74, 6) is 0.501. The van der Waals surface area contributed by atoms with Crippen LogP contribution < -0.4 is 0 Å². The first-order valence-electron chi connectivity index (χ1n) is 2.99. The number of hydrogen-bond donors (Lipinski definition) is 0. The molecule has 2 heterocycles. The molecule has 0 aromatic rings. The van der Waals surface area contributed by atoms with Crippen LogP contribution in [-0.2, 0) is 9.53 Å². The van der Waals surface area contributed by atoms with Crippen LogP contribution >= 0.6 is 0 Å². The fourth-order valence-corrected chi connectivity index (χ4v) is 0.916. The van der Waals surface area contributed by atoms with Crippen molar-refractivity contribution in [1.29, 1.82) is 0 Å². The van der Waals surface area contributed by atoms with E-state index in [1.54, 1.807) is 0 Å². The maximum Gasteiger partial charge on any atom is 0.200 e. The highest BCUT2D eigenvalue weighted by atomic mass is 16.5. The first-order chi connectivity index (χ1) is 4.86. The van der Waals surface area contributed by atoms with Crippen LogP contribution in [-0.4, -0.2) is 18.6 Å². The van der Waals surface area contributed by atoms with Crippen molar-refractivity contribution in [2.24, 2.45) is 4.99 Å². The summed E-state index contributed by atoms with van der Waals surface area (Å²) in [7, 11) is 0. The lowest BCUT2D eigenvalue weighted by molar-refractivity contribution is -0.108. The van der Waals surface area contributed by atoms with Crippen molar-refractivity contribution in [3.8, 4) is 0 Å². The minimum atomic E-state index is -0.103. The molecule has 10 heavy (non-hydrogen) atoms. The van der Waals surface area contributed by atoms with E-state index in [4.69, 9.17) is 4.74 Å². The van der Waals surface area contributed by atoms with Gasteiger partial charge in [0.1, 0.15) is 18.1 Å². The highest BCUT2D eigenvalue weighted by Gasteiger charge is 2.16. The Bertz CT molecular complexity index is 273. The highest BCUT2D eigenvalue weighted by Crippen LogP contribution is 2.21. The van der Waals surface area contributed by atoms with Crippen LogP contribution in [0.15, 0.2) is 28.6 Å². The van der Waals surface area contributed by atoms with E-state index < -0.39 is 0 Å². The van der Waals surface area contributed by atoms with Gasteiger partial charge in [0.05, 0.1) is 6.21 Å². The van der Waals surface area contributed by atoms with Crippen LogP contribution in [0.25, 0.3) is 0 Å². The first kappa shape index (κ1) is 5.41. The SMILES string of the molecule is O=C1C=NC2=CCOC2=C1. The van der Waals surface area contributed by atoms with Gasteiger partial charge in [0.15, 0.2) is 0 Å². The molecule has 0 atom stereocenters. The third-order valence-electron chi connectivity index (χ3n) is 1.37. The van der Waals surface area contributed by atoms with Gasteiger partial charge in [0.2, 0.25) is 5.78 Å². The van der Waals surface area contributed by atoms with E-state index in [1.165, 1.54) is 12.3 Å². The number of ketones is 1. The molecule has 0 N–H and O–H groups in total. The van der Waals surface area contributed by atoms with Crippen LogP contribution in [0.3, 0.4) is 0 Å². The summed E-state index contributed by atoms with van der Waals surface area (Å²) in [6, 6.07) is 0. The average Bonchev–Trinajstić information content (AvgIpc) is 2.33. The molecule has 0 saturated carbocycles. The monoisotopic (exact) mass is 135 g/mol. The molecule has 3 nitrogen and oxygen atoms in total. The molecule has 2 aliphatic heterocycles. The lowest BCUT2D eigenvalue weighted by Crippen LogP contribution is -2.02.